The largest absolute Gasteiger partial charge is 0.492 e. The van der Waals surface area contributed by atoms with Crippen molar-refractivity contribution in [3.05, 3.63) is 53.1 Å². The van der Waals surface area contributed by atoms with Crippen LogP contribution in [0, 0.1) is 10.8 Å². The summed E-state index contributed by atoms with van der Waals surface area (Å²) in [5.41, 5.74) is -0.494. The van der Waals surface area contributed by atoms with E-state index >= 15 is 0 Å². The highest BCUT2D eigenvalue weighted by Gasteiger charge is 2.22. The highest BCUT2D eigenvalue weighted by molar-refractivity contribution is 5.69. The molecule has 2 heterocycles. The van der Waals surface area contributed by atoms with Crippen LogP contribution in [-0.4, -0.2) is 17.8 Å². The number of nitrogens with one attached hydrogen (secondary N) is 1. The minimum absolute atomic E-state index is 0.0249. The first-order chi connectivity index (χ1) is 9.39. The minimum atomic E-state index is -0.301. The van der Waals surface area contributed by atoms with Gasteiger partial charge >= 0.3 is 0 Å². The second-order valence-corrected chi connectivity index (χ2v) is 5.93. The Morgan fingerprint density at radius 3 is 2.80 bits per heavy atom. The Morgan fingerprint density at radius 2 is 2.05 bits per heavy atom. The quantitative estimate of drug-likeness (QED) is 0.860. The third-order valence-corrected chi connectivity index (χ3v) is 3.15. The number of allylic oxidation sites excluding steroid dienone is 2. The molecule has 0 saturated heterocycles. The first-order valence-corrected chi connectivity index (χ1v) is 6.63. The molecule has 1 aliphatic heterocycles. The van der Waals surface area contributed by atoms with Gasteiger partial charge in [0.25, 0.3) is 5.56 Å². The smallest absolute Gasteiger partial charge is 0.251 e. The number of aliphatic imine (C=N–C) groups is 1. The summed E-state index contributed by atoms with van der Waals surface area (Å²) in [6.07, 6.45) is 11.6. The molecule has 0 spiro atoms. The molecule has 0 radical (unpaired) electrons. The van der Waals surface area contributed by atoms with E-state index < -0.39 is 0 Å². The number of nitrogens with zero attached hydrogens (tertiary/aromatic N) is 1. The topological polar surface area (TPSA) is 54.4 Å². The molecule has 106 valence electrons. The van der Waals surface area contributed by atoms with Crippen molar-refractivity contribution in [2.75, 3.05) is 6.61 Å². The Hall–Kier alpha value is -2.10. The van der Waals surface area contributed by atoms with E-state index in [1.54, 1.807) is 12.3 Å². The van der Waals surface area contributed by atoms with Gasteiger partial charge < -0.3 is 9.72 Å². The molecule has 1 aromatic rings. The van der Waals surface area contributed by atoms with Crippen molar-refractivity contribution in [1.29, 1.82) is 0 Å². The molecule has 1 unspecified atom stereocenters. The zero-order valence-electron chi connectivity index (χ0n) is 12.1. The zero-order chi connectivity index (χ0) is 14.6. The normalized spacial score (nSPS) is 24.1. The second-order valence-electron chi connectivity index (χ2n) is 5.93. The lowest BCUT2D eigenvalue weighted by atomic mass is 9.85. The van der Waals surface area contributed by atoms with Crippen LogP contribution in [-0.2, 0) is 0 Å². The van der Waals surface area contributed by atoms with Gasteiger partial charge in [-0.3, -0.25) is 9.79 Å². The Morgan fingerprint density at radius 1 is 1.25 bits per heavy atom. The van der Waals surface area contributed by atoms with Crippen LogP contribution in [0.3, 0.4) is 0 Å². The third kappa shape index (κ3) is 3.95. The number of hydrogen-bond acceptors (Lipinski definition) is 3. The number of rotatable bonds is 3. The second kappa shape index (κ2) is 5.49. The summed E-state index contributed by atoms with van der Waals surface area (Å²) in [6.45, 7) is 6.73. The highest BCUT2D eigenvalue weighted by atomic mass is 16.5. The van der Waals surface area contributed by atoms with Crippen LogP contribution in [0.1, 0.15) is 20.8 Å². The van der Waals surface area contributed by atoms with Gasteiger partial charge in [0.1, 0.15) is 12.4 Å². The Labute approximate surface area is 118 Å². The molecule has 2 rings (SSSR count). The molecule has 1 aromatic heterocycles. The van der Waals surface area contributed by atoms with Crippen LogP contribution in [0.25, 0.3) is 0 Å². The molecule has 0 bridgehead atoms. The van der Waals surface area contributed by atoms with Crippen molar-refractivity contribution in [3.63, 3.8) is 0 Å². The van der Waals surface area contributed by atoms with Crippen molar-refractivity contribution < 1.29 is 4.74 Å². The predicted molar refractivity (Wildman–Crippen MR) is 81.2 cm³/mol. The van der Waals surface area contributed by atoms with E-state index in [0.29, 0.717) is 12.4 Å². The Kier molecular flexibility index (Phi) is 3.93. The maximum absolute atomic E-state index is 11.2. The fourth-order valence-electron chi connectivity index (χ4n) is 1.79. The van der Waals surface area contributed by atoms with Crippen molar-refractivity contribution in [2.45, 2.75) is 20.8 Å². The zero-order valence-corrected chi connectivity index (χ0v) is 12.1. The maximum atomic E-state index is 11.2. The van der Waals surface area contributed by atoms with Crippen LogP contribution >= 0.6 is 0 Å². The number of ether oxygens (including phenoxy) is 1. The van der Waals surface area contributed by atoms with Gasteiger partial charge in [0.05, 0.1) is 5.41 Å². The molecule has 0 aromatic carbocycles. The standard InChI is InChI=1S/C16H20N2O2/c1-15(2)5-6-16(3,11-17-9-7-15)12-20-13-4-8-18-14(19)10-13/h4-11H,12H2,1-3H3,(H,18,19). The van der Waals surface area contributed by atoms with E-state index in [-0.39, 0.29) is 16.4 Å². The van der Waals surface area contributed by atoms with Crippen molar-refractivity contribution >= 4 is 6.21 Å². The Balaban J connectivity index is 2.13. The lowest BCUT2D eigenvalue weighted by Crippen LogP contribution is -2.26. The first kappa shape index (κ1) is 14.3. The van der Waals surface area contributed by atoms with E-state index in [9.17, 15) is 4.79 Å². The number of H-pyrrole nitrogens is 1. The van der Waals surface area contributed by atoms with Gasteiger partial charge in [-0.05, 0) is 13.0 Å². The van der Waals surface area contributed by atoms with Crippen LogP contribution in [0.5, 0.6) is 5.75 Å². The van der Waals surface area contributed by atoms with Crippen molar-refractivity contribution in [3.8, 4) is 5.75 Å². The van der Waals surface area contributed by atoms with Crippen molar-refractivity contribution in [2.24, 2.45) is 15.8 Å². The van der Waals surface area contributed by atoms with Gasteiger partial charge in [-0.15, -0.1) is 0 Å². The van der Waals surface area contributed by atoms with Gasteiger partial charge in [0, 0.05) is 30.1 Å². The molecule has 4 heteroatoms. The molecule has 0 fully saturated rings. The van der Waals surface area contributed by atoms with E-state index in [2.05, 4.69) is 49.0 Å². The monoisotopic (exact) mass is 272 g/mol. The lowest BCUT2D eigenvalue weighted by Gasteiger charge is -2.25. The summed E-state index contributed by atoms with van der Waals surface area (Å²) in [7, 11) is 0. The van der Waals surface area contributed by atoms with Crippen LogP contribution < -0.4 is 10.3 Å². The van der Waals surface area contributed by atoms with E-state index in [4.69, 9.17) is 4.74 Å². The summed E-state index contributed by atoms with van der Waals surface area (Å²) < 4.78 is 5.71. The number of aromatic nitrogens is 1. The molecule has 1 N–H and O–H groups in total. The molecule has 1 aliphatic rings. The van der Waals surface area contributed by atoms with Gasteiger partial charge in [-0.1, -0.05) is 32.1 Å². The average molecular weight is 272 g/mol. The maximum Gasteiger partial charge on any atom is 0.251 e. The van der Waals surface area contributed by atoms with Crippen molar-refractivity contribution in [1.82, 2.24) is 4.98 Å². The summed E-state index contributed by atoms with van der Waals surface area (Å²) in [5.74, 6) is 0.564. The molecule has 0 saturated carbocycles. The van der Waals surface area contributed by atoms with Gasteiger partial charge in [-0.2, -0.15) is 0 Å². The first-order valence-electron chi connectivity index (χ1n) is 6.63. The van der Waals surface area contributed by atoms with Gasteiger partial charge in [0.15, 0.2) is 0 Å². The minimum Gasteiger partial charge on any atom is -0.492 e. The van der Waals surface area contributed by atoms with E-state index in [1.807, 2.05) is 12.4 Å². The number of pyridine rings is 1. The van der Waals surface area contributed by atoms with E-state index in [0.717, 1.165) is 0 Å². The SMILES string of the molecule is CC1(C)C=CN=CC(C)(COc2cc[nH]c(=O)c2)C=C1. The summed E-state index contributed by atoms with van der Waals surface area (Å²) in [6, 6.07) is 3.18. The van der Waals surface area contributed by atoms with E-state index in [1.165, 1.54) is 6.07 Å². The third-order valence-electron chi connectivity index (χ3n) is 3.15. The fourth-order valence-corrected chi connectivity index (χ4v) is 1.79. The number of aromatic amines is 1. The molecule has 0 amide bonds. The van der Waals surface area contributed by atoms with Crippen LogP contribution in [0.2, 0.25) is 0 Å². The lowest BCUT2D eigenvalue weighted by molar-refractivity contribution is 0.256. The van der Waals surface area contributed by atoms with Gasteiger partial charge in [-0.25, -0.2) is 0 Å². The molecule has 1 atom stereocenters. The Bertz CT molecular complexity index is 611. The average Bonchev–Trinajstić information content (AvgIpc) is 2.39. The van der Waals surface area contributed by atoms with Gasteiger partial charge in [0.2, 0.25) is 0 Å². The summed E-state index contributed by atoms with van der Waals surface area (Å²) >= 11 is 0. The molecule has 0 aliphatic carbocycles. The summed E-state index contributed by atoms with van der Waals surface area (Å²) in [4.78, 5) is 18.1. The predicted octanol–water partition coefficient (Wildman–Crippen LogP) is 2.94. The molecular formula is C16H20N2O2. The molecule has 4 nitrogen and oxygen atoms in total. The van der Waals surface area contributed by atoms with Crippen LogP contribution in [0.4, 0.5) is 0 Å². The molecular weight excluding hydrogens is 252 g/mol. The van der Waals surface area contributed by atoms with Crippen LogP contribution in [0.15, 0.2) is 52.5 Å². The number of hydrogen-bond donors (Lipinski definition) is 1. The fraction of sp³-hybridized carbons (Fsp3) is 0.375. The molecule has 20 heavy (non-hydrogen) atoms. The highest BCUT2D eigenvalue weighted by Crippen LogP contribution is 2.26. The summed E-state index contributed by atoms with van der Waals surface area (Å²) in [5, 5.41) is 0.